The number of carbonyl (C=O) groups excluding carboxylic acids is 3. The number of ether oxygens (including phenoxy) is 1. The average molecular weight is 407 g/mol. The van der Waals surface area contributed by atoms with Gasteiger partial charge in [0.2, 0.25) is 5.91 Å². The quantitative estimate of drug-likeness (QED) is 0.736. The lowest BCUT2D eigenvalue weighted by atomic mass is 9.77. The normalized spacial score (nSPS) is 23.4. The second-order valence-corrected chi connectivity index (χ2v) is 8.07. The standard InChI is InChI=1S/C23H25N3O4/c1-16-11-13-23(14-12-16)21(28)26(22(29)25-23)15-20(27)24-17-7-9-19(10-8-17)30-18-5-3-2-4-6-18/h2-10,16H,11-15H2,1H3,(H,24,27)(H,25,29). The maximum Gasteiger partial charge on any atom is 0.325 e. The molecule has 1 heterocycles. The fourth-order valence-corrected chi connectivity index (χ4v) is 3.99. The number of carbonyl (C=O) groups is 3. The van der Waals surface area contributed by atoms with Crippen LogP contribution >= 0.6 is 0 Å². The van der Waals surface area contributed by atoms with Crippen molar-refractivity contribution in [3.05, 3.63) is 54.6 Å². The van der Waals surface area contributed by atoms with Gasteiger partial charge in [0, 0.05) is 5.69 Å². The number of anilines is 1. The number of para-hydroxylation sites is 1. The molecule has 0 aromatic heterocycles. The molecule has 7 nitrogen and oxygen atoms in total. The Labute approximate surface area is 175 Å². The van der Waals surface area contributed by atoms with Crippen LogP contribution in [0.5, 0.6) is 11.5 Å². The molecule has 1 saturated carbocycles. The van der Waals surface area contributed by atoms with E-state index in [0.717, 1.165) is 23.5 Å². The molecule has 4 rings (SSSR count). The molecule has 7 heteroatoms. The molecule has 1 saturated heterocycles. The third-order valence-corrected chi connectivity index (χ3v) is 5.79. The fourth-order valence-electron chi connectivity index (χ4n) is 3.99. The summed E-state index contributed by atoms with van der Waals surface area (Å²) in [4.78, 5) is 38.7. The summed E-state index contributed by atoms with van der Waals surface area (Å²) in [6.07, 6.45) is 3.03. The number of imide groups is 1. The van der Waals surface area contributed by atoms with Gasteiger partial charge in [0.15, 0.2) is 0 Å². The number of amides is 4. The first-order valence-electron chi connectivity index (χ1n) is 10.2. The van der Waals surface area contributed by atoms with E-state index in [1.54, 1.807) is 24.3 Å². The molecule has 0 radical (unpaired) electrons. The molecule has 1 spiro atoms. The van der Waals surface area contributed by atoms with E-state index in [-0.39, 0.29) is 12.5 Å². The maximum absolute atomic E-state index is 12.9. The molecule has 4 amide bonds. The second kappa shape index (κ2) is 8.18. The Morgan fingerprint density at radius 3 is 2.37 bits per heavy atom. The number of rotatable bonds is 5. The van der Waals surface area contributed by atoms with E-state index in [1.165, 1.54) is 0 Å². The fraction of sp³-hybridized carbons (Fsp3) is 0.348. The molecule has 0 atom stereocenters. The number of hydrogen-bond acceptors (Lipinski definition) is 4. The van der Waals surface area contributed by atoms with Gasteiger partial charge in [-0.2, -0.15) is 0 Å². The van der Waals surface area contributed by atoms with Crippen LogP contribution in [0, 0.1) is 5.92 Å². The zero-order valence-corrected chi connectivity index (χ0v) is 16.9. The van der Waals surface area contributed by atoms with E-state index in [0.29, 0.717) is 30.2 Å². The molecule has 30 heavy (non-hydrogen) atoms. The van der Waals surface area contributed by atoms with Gasteiger partial charge in [-0.05, 0) is 68.0 Å². The monoisotopic (exact) mass is 407 g/mol. The summed E-state index contributed by atoms with van der Waals surface area (Å²) in [6.45, 7) is 1.85. The lowest BCUT2D eigenvalue weighted by Gasteiger charge is -2.33. The molecular formula is C23H25N3O4. The number of nitrogens with one attached hydrogen (secondary N) is 2. The van der Waals surface area contributed by atoms with Gasteiger partial charge in [-0.25, -0.2) is 4.79 Å². The second-order valence-electron chi connectivity index (χ2n) is 8.07. The Kier molecular flexibility index (Phi) is 5.44. The van der Waals surface area contributed by atoms with Crippen molar-refractivity contribution in [2.75, 3.05) is 11.9 Å². The van der Waals surface area contributed by atoms with Gasteiger partial charge in [-0.15, -0.1) is 0 Å². The Hall–Kier alpha value is -3.35. The zero-order chi connectivity index (χ0) is 21.1. The predicted molar refractivity (Wildman–Crippen MR) is 112 cm³/mol. The first-order chi connectivity index (χ1) is 14.4. The van der Waals surface area contributed by atoms with Crippen LogP contribution in [0.2, 0.25) is 0 Å². The van der Waals surface area contributed by atoms with Crippen LogP contribution in [0.25, 0.3) is 0 Å². The van der Waals surface area contributed by atoms with Crippen LogP contribution in [0.3, 0.4) is 0 Å². The highest BCUT2D eigenvalue weighted by Crippen LogP contribution is 2.36. The van der Waals surface area contributed by atoms with Crippen molar-refractivity contribution in [2.45, 2.75) is 38.1 Å². The third kappa shape index (κ3) is 4.15. The summed E-state index contributed by atoms with van der Waals surface area (Å²) in [5, 5.41) is 5.56. The summed E-state index contributed by atoms with van der Waals surface area (Å²) < 4.78 is 5.73. The SMILES string of the molecule is CC1CCC2(CC1)NC(=O)N(CC(=O)Nc1ccc(Oc3ccccc3)cc1)C2=O. The van der Waals surface area contributed by atoms with Gasteiger partial charge in [-0.1, -0.05) is 25.1 Å². The van der Waals surface area contributed by atoms with Crippen LogP contribution in [-0.2, 0) is 9.59 Å². The van der Waals surface area contributed by atoms with Crippen LogP contribution in [0.1, 0.15) is 32.6 Å². The molecular weight excluding hydrogens is 382 g/mol. The van der Waals surface area contributed by atoms with E-state index in [1.807, 2.05) is 30.3 Å². The van der Waals surface area contributed by atoms with Crippen molar-refractivity contribution in [3.8, 4) is 11.5 Å². The maximum atomic E-state index is 12.9. The van der Waals surface area contributed by atoms with Crippen molar-refractivity contribution in [1.29, 1.82) is 0 Å². The summed E-state index contributed by atoms with van der Waals surface area (Å²) >= 11 is 0. The number of hydrogen-bond donors (Lipinski definition) is 2. The largest absolute Gasteiger partial charge is 0.457 e. The number of benzene rings is 2. The van der Waals surface area contributed by atoms with Crippen LogP contribution in [0.15, 0.2) is 54.6 Å². The lowest BCUT2D eigenvalue weighted by molar-refractivity contribution is -0.135. The topological polar surface area (TPSA) is 87.7 Å². The van der Waals surface area contributed by atoms with Crippen molar-refractivity contribution in [1.82, 2.24) is 10.2 Å². The molecule has 1 aliphatic carbocycles. The Bertz CT molecular complexity index is 935. The Morgan fingerprint density at radius 2 is 1.70 bits per heavy atom. The smallest absolute Gasteiger partial charge is 0.325 e. The minimum Gasteiger partial charge on any atom is -0.457 e. The van der Waals surface area contributed by atoms with E-state index in [9.17, 15) is 14.4 Å². The van der Waals surface area contributed by atoms with Gasteiger partial charge in [0.25, 0.3) is 5.91 Å². The molecule has 2 fully saturated rings. The van der Waals surface area contributed by atoms with E-state index >= 15 is 0 Å². The van der Waals surface area contributed by atoms with Crippen molar-refractivity contribution >= 4 is 23.5 Å². The average Bonchev–Trinajstić information content (AvgIpc) is 2.97. The zero-order valence-electron chi connectivity index (χ0n) is 16.9. The number of nitrogens with zero attached hydrogens (tertiary/aromatic N) is 1. The molecule has 2 N–H and O–H groups in total. The third-order valence-electron chi connectivity index (χ3n) is 5.79. The van der Waals surface area contributed by atoms with Gasteiger partial charge >= 0.3 is 6.03 Å². The summed E-state index contributed by atoms with van der Waals surface area (Å²) in [5.41, 5.74) is -0.269. The van der Waals surface area contributed by atoms with Gasteiger partial charge < -0.3 is 15.4 Å². The van der Waals surface area contributed by atoms with E-state index < -0.39 is 17.5 Å². The molecule has 1 aliphatic heterocycles. The summed E-state index contributed by atoms with van der Waals surface area (Å²) in [5.74, 6) is 1.20. The highest BCUT2D eigenvalue weighted by Gasteiger charge is 2.52. The van der Waals surface area contributed by atoms with Crippen LogP contribution in [-0.4, -0.2) is 34.8 Å². The minimum atomic E-state index is -0.833. The highest BCUT2D eigenvalue weighted by atomic mass is 16.5. The minimum absolute atomic E-state index is 0.291. The molecule has 2 aliphatic rings. The van der Waals surface area contributed by atoms with Crippen LogP contribution in [0.4, 0.5) is 10.5 Å². The number of urea groups is 1. The van der Waals surface area contributed by atoms with E-state index in [2.05, 4.69) is 17.6 Å². The molecule has 2 aromatic rings. The predicted octanol–water partition coefficient (Wildman–Crippen LogP) is 3.92. The molecule has 0 unspecified atom stereocenters. The summed E-state index contributed by atoms with van der Waals surface area (Å²) in [6, 6.07) is 15.8. The van der Waals surface area contributed by atoms with E-state index in [4.69, 9.17) is 4.74 Å². The molecule has 0 bridgehead atoms. The lowest BCUT2D eigenvalue weighted by Crippen LogP contribution is -2.49. The summed E-state index contributed by atoms with van der Waals surface area (Å²) in [7, 11) is 0. The molecule has 2 aromatic carbocycles. The van der Waals surface area contributed by atoms with Crippen molar-refractivity contribution < 1.29 is 19.1 Å². The highest BCUT2D eigenvalue weighted by molar-refractivity contribution is 6.10. The van der Waals surface area contributed by atoms with Gasteiger partial charge in [0.1, 0.15) is 23.6 Å². The van der Waals surface area contributed by atoms with Crippen molar-refractivity contribution in [3.63, 3.8) is 0 Å². The Morgan fingerprint density at radius 1 is 1.07 bits per heavy atom. The van der Waals surface area contributed by atoms with Crippen molar-refractivity contribution in [2.24, 2.45) is 5.92 Å². The Balaban J connectivity index is 1.34. The van der Waals surface area contributed by atoms with Gasteiger partial charge in [0.05, 0.1) is 0 Å². The van der Waals surface area contributed by atoms with Crippen LogP contribution < -0.4 is 15.4 Å². The first-order valence-corrected chi connectivity index (χ1v) is 10.2. The van der Waals surface area contributed by atoms with Gasteiger partial charge in [-0.3, -0.25) is 14.5 Å². The first kappa shape index (κ1) is 19.9. The molecule has 156 valence electrons.